The molecule has 2 rings (SSSR count). The number of rotatable bonds is 11. The Bertz CT molecular complexity index is 690. The summed E-state index contributed by atoms with van der Waals surface area (Å²) < 4.78 is 27.1. The molecule has 29 heavy (non-hydrogen) atoms. The molecule has 1 aromatic carbocycles. The summed E-state index contributed by atoms with van der Waals surface area (Å²) in [5, 5.41) is 5.70. The van der Waals surface area contributed by atoms with Gasteiger partial charge in [0, 0.05) is 30.9 Å². The number of hydrogen-bond donors (Lipinski definition) is 2. The summed E-state index contributed by atoms with van der Waals surface area (Å²) in [6.45, 7) is 2.09. The van der Waals surface area contributed by atoms with E-state index in [4.69, 9.17) is 0 Å². The molecule has 0 bridgehead atoms. The average molecular weight is 408 g/mol. The Hall–Kier alpha value is -2.31. The molecule has 0 radical (unpaired) electrons. The summed E-state index contributed by atoms with van der Waals surface area (Å²) in [5.74, 6) is -0.648. The van der Waals surface area contributed by atoms with Crippen molar-refractivity contribution in [3.8, 4) is 0 Å². The van der Waals surface area contributed by atoms with Crippen LogP contribution in [0.1, 0.15) is 75.5 Å². The largest absolute Gasteiger partial charge is 0.356 e. The average Bonchev–Trinajstić information content (AvgIpc) is 3.24. The number of carbonyl (C=O) groups excluding carboxylic acids is 3. The Morgan fingerprint density at radius 2 is 1.83 bits per heavy atom. The van der Waals surface area contributed by atoms with Gasteiger partial charge in [-0.3, -0.25) is 9.59 Å². The smallest absolute Gasteiger partial charge is 0.264 e. The number of alkyl halides is 2. The monoisotopic (exact) mass is 408 g/mol. The van der Waals surface area contributed by atoms with Crippen molar-refractivity contribution < 1.29 is 23.2 Å². The Kier molecular flexibility index (Phi) is 9.22. The van der Waals surface area contributed by atoms with Crippen LogP contribution >= 0.6 is 0 Å². The third-order valence-corrected chi connectivity index (χ3v) is 5.57. The molecular weight excluding hydrogens is 378 g/mol. The van der Waals surface area contributed by atoms with Crippen molar-refractivity contribution in [3.63, 3.8) is 0 Å². The molecule has 160 valence electrons. The third kappa shape index (κ3) is 6.91. The van der Waals surface area contributed by atoms with Gasteiger partial charge in [0.1, 0.15) is 6.29 Å². The van der Waals surface area contributed by atoms with Crippen LogP contribution in [0.4, 0.5) is 8.78 Å². The third-order valence-electron chi connectivity index (χ3n) is 5.57. The second-order valence-electron chi connectivity index (χ2n) is 7.71. The molecule has 5 nitrogen and oxygen atoms in total. The maximum atomic E-state index is 13.5. The summed E-state index contributed by atoms with van der Waals surface area (Å²) in [6.07, 6.45) is 2.74. The molecule has 0 spiro atoms. The van der Waals surface area contributed by atoms with E-state index < -0.39 is 12.5 Å². The Morgan fingerprint density at radius 1 is 1.17 bits per heavy atom. The summed E-state index contributed by atoms with van der Waals surface area (Å²) in [6, 6.07) is 6.00. The van der Waals surface area contributed by atoms with Gasteiger partial charge < -0.3 is 15.4 Å². The molecule has 0 aliphatic heterocycles. The predicted molar refractivity (Wildman–Crippen MR) is 106 cm³/mol. The van der Waals surface area contributed by atoms with Gasteiger partial charge in [-0.15, -0.1) is 0 Å². The Morgan fingerprint density at radius 3 is 2.45 bits per heavy atom. The highest BCUT2D eigenvalue weighted by molar-refractivity contribution is 5.79. The topological polar surface area (TPSA) is 75.3 Å². The summed E-state index contributed by atoms with van der Waals surface area (Å²) in [7, 11) is 0. The molecule has 0 heterocycles. The van der Waals surface area contributed by atoms with E-state index in [0.717, 1.165) is 25.7 Å². The van der Waals surface area contributed by atoms with Crippen LogP contribution in [0.15, 0.2) is 24.3 Å². The highest BCUT2D eigenvalue weighted by Crippen LogP contribution is 2.39. The van der Waals surface area contributed by atoms with E-state index in [0.29, 0.717) is 24.8 Å². The lowest BCUT2D eigenvalue weighted by Crippen LogP contribution is -2.38. The first kappa shape index (κ1) is 23.0. The first-order valence-electron chi connectivity index (χ1n) is 10.3. The molecule has 1 aliphatic carbocycles. The van der Waals surface area contributed by atoms with E-state index in [1.807, 2.05) is 0 Å². The van der Waals surface area contributed by atoms with E-state index in [1.54, 1.807) is 25.1 Å². The van der Waals surface area contributed by atoms with Gasteiger partial charge in [-0.25, -0.2) is 8.78 Å². The second-order valence-corrected chi connectivity index (χ2v) is 7.71. The predicted octanol–water partition coefficient (Wildman–Crippen LogP) is 4.09. The molecule has 1 saturated carbocycles. The molecule has 7 heteroatoms. The number of nitrogens with one attached hydrogen (secondary N) is 2. The molecule has 0 unspecified atom stereocenters. The zero-order valence-corrected chi connectivity index (χ0v) is 16.8. The molecule has 1 aliphatic rings. The lowest BCUT2D eigenvalue weighted by Gasteiger charge is -2.28. The van der Waals surface area contributed by atoms with Gasteiger partial charge >= 0.3 is 0 Å². The van der Waals surface area contributed by atoms with Gasteiger partial charge in [-0.2, -0.15) is 0 Å². The van der Waals surface area contributed by atoms with E-state index in [2.05, 4.69) is 10.6 Å². The minimum absolute atomic E-state index is 0.0280. The minimum Gasteiger partial charge on any atom is -0.356 e. The van der Waals surface area contributed by atoms with Crippen molar-refractivity contribution in [2.45, 2.75) is 64.3 Å². The number of hydrogen-bond acceptors (Lipinski definition) is 3. The Balaban J connectivity index is 2.01. The lowest BCUT2D eigenvalue weighted by atomic mass is 9.88. The van der Waals surface area contributed by atoms with Crippen molar-refractivity contribution in [2.75, 3.05) is 6.54 Å². The second kappa shape index (κ2) is 11.6. The summed E-state index contributed by atoms with van der Waals surface area (Å²) in [4.78, 5) is 34.6. The van der Waals surface area contributed by atoms with Crippen LogP contribution in [-0.2, 0) is 14.4 Å². The number of amides is 2. The summed E-state index contributed by atoms with van der Waals surface area (Å²) >= 11 is 0. The van der Waals surface area contributed by atoms with E-state index in [9.17, 15) is 23.2 Å². The molecule has 2 amide bonds. The van der Waals surface area contributed by atoms with Gasteiger partial charge in [0.05, 0.1) is 6.04 Å². The molecule has 1 fully saturated rings. The first-order valence-corrected chi connectivity index (χ1v) is 10.3. The van der Waals surface area contributed by atoms with E-state index in [-0.39, 0.29) is 42.1 Å². The number of carbonyl (C=O) groups is 3. The Labute approximate surface area is 170 Å². The first-order chi connectivity index (χ1) is 13.9. The number of aldehydes is 1. The SMILES string of the molecule is C[C@H](CCNC(=O)CCC=O)C(=O)N[C@@H](c1ccccc1C(F)F)C1CCCC1. The van der Waals surface area contributed by atoms with Crippen LogP contribution in [0, 0.1) is 11.8 Å². The molecule has 2 atom stereocenters. The van der Waals surface area contributed by atoms with E-state index in [1.165, 1.54) is 6.07 Å². The van der Waals surface area contributed by atoms with E-state index >= 15 is 0 Å². The van der Waals surface area contributed by atoms with Crippen LogP contribution in [0.25, 0.3) is 0 Å². The standard InChI is InChI=1S/C22H30F2N2O3/c1-15(12-13-25-19(28)11-6-14-27)22(29)26-20(16-7-2-3-8-16)17-9-4-5-10-18(17)21(23)24/h4-5,9-10,14-16,20-21H,2-3,6-8,11-13H2,1H3,(H,25,28)(H,26,29)/t15-,20-/m1/s1. The van der Waals surface area contributed by atoms with Crippen LogP contribution in [0.3, 0.4) is 0 Å². The van der Waals surface area contributed by atoms with Crippen LogP contribution in [-0.4, -0.2) is 24.6 Å². The van der Waals surface area contributed by atoms with Crippen molar-refractivity contribution in [2.24, 2.45) is 11.8 Å². The zero-order chi connectivity index (χ0) is 21.2. The summed E-state index contributed by atoms with van der Waals surface area (Å²) in [5.41, 5.74) is 0.469. The van der Waals surface area contributed by atoms with Gasteiger partial charge in [-0.1, -0.05) is 44.0 Å². The number of halogens is 2. The maximum absolute atomic E-state index is 13.5. The van der Waals surface area contributed by atoms with Crippen molar-refractivity contribution in [3.05, 3.63) is 35.4 Å². The molecule has 0 saturated heterocycles. The van der Waals surface area contributed by atoms with Gasteiger partial charge in [0.15, 0.2) is 0 Å². The highest BCUT2D eigenvalue weighted by Gasteiger charge is 2.31. The highest BCUT2D eigenvalue weighted by atomic mass is 19.3. The molecule has 0 aromatic heterocycles. The fourth-order valence-electron chi connectivity index (χ4n) is 3.87. The molecular formula is C22H30F2N2O3. The van der Waals surface area contributed by atoms with Crippen molar-refractivity contribution >= 4 is 18.1 Å². The van der Waals surface area contributed by atoms with Gasteiger partial charge in [-0.05, 0) is 30.7 Å². The van der Waals surface area contributed by atoms with Crippen molar-refractivity contribution in [1.82, 2.24) is 10.6 Å². The van der Waals surface area contributed by atoms with Crippen LogP contribution < -0.4 is 10.6 Å². The molecule has 1 aromatic rings. The molecule has 2 N–H and O–H groups in total. The van der Waals surface area contributed by atoms with Crippen LogP contribution in [0.5, 0.6) is 0 Å². The minimum atomic E-state index is -2.59. The zero-order valence-electron chi connectivity index (χ0n) is 16.8. The fraction of sp³-hybridized carbons (Fsp3) is 0.591. The fourth-order valence-corrected chi connectivity index (χ4v) is 3.87. The maximum Gasteiger partial charge on any atom is 0.264 e. The van der Waals surface area contributed by atoms with Crippen molar-refractivity contribution in [1.29, 1.82) is 0 Å². The number of benzene rings is 1. The quantitative estimate of drug-likeness (QED) is 0.542. The normalized spacial score (nSPS) is 16.4. The van der Waals surface area contributed by atoms with Crippen LogP contribution in [0.2, 0.25) is 0 Å². The van der Waals surface area contributed by atoms with Gasteiger partial charge in [0.2, 0.25) is 11.8 Å². The van der Waals surface area contributed by atoms with Gasteiger partial charge in [0.25, 0.3) is 6.43 Å². The lowest BCUT2D eigenvalue weighted by molar-refractivity contribution is -0.126.